The van der Waals surface area contributed by atoms with Crippen LogP contribution in [0.25, 0.3) is 11.3 Å². The molecule has 0 saturated heterocycles. The van der Waals surface area contributed by atoms with E-state index < -0.39 is 0 Å². The third-order valence-corrected chi connectivity index (χ3v) is 3.97. The molecule has 0 atom stereocenters. The van der Waals surface area contributed by atoms with E-state index in [0.29, 0.717) is 0 Å². The van der Waals surface area contributed by atoms with Crippen LogP contribution >= 0.6 is 0 Å². The molecule has 1 aromatic heterocycles. The zero-order valence-electron chi connectivity index (χ0n) is 11.6. The van der Waals surface area contributed by atoms with Gasteiger partial charge >= 0.3 is 0 Å². The molecule has 100 valence electrons. The van der Waals surface area contributed by atoms with Crippen molar-refractivity contribution in [1.82, 2.24) is 9.55 Å². The monoisotopic (exact) mass is 256 g/mol. The van der Waals surface area contributed by atoms with Crippen molar-refractivity contribution >= 4 is 0 Å². The summed E-state index contributed by atoms with van der Waals surface area (Å²) in [6, 6.07) is 6.41. The zero-order chi connectivity index (χ0) is 13.4. The molecule has 1 N–H and O–H groups in total. The molecule has 0 fully saturated rings. The van der Waals surface area contributed by atoms with Crippen molar-refractivity contribution in [2.24, 2.45) is 0 Å². The van der Waals surface area contributed by atoms with Crippen LogP contribution in [0.3, 0.4) is 0 Å². The number of aryl methyl sites for hydroxylation is 3. The maximum atomic E-state index is 9.71. The Hall–Kier alpha value is -1.61. The molecule has 2 heterocycles. The molecule has 1 aliphatic rings. The van der Waals surface area contributed by atoms with Gasteiger partial charge in [0.05, 0.1) is 18.0 Å². The highest BCUT2D eigenvalue weighted by atomic mass is 16.3. The lowest BCUT2D eigenvalue weighted by Crippen LogP contribution is -2.13. The summed E-state index contributed by atoms with van der Waals surface area (Å²) < 4.78 is 2.21. The lowest BCUT2D eigenvalue weighted by molar-refractivity contribution is 0.268. The van der Waals surface area contributed by atoms with E-state index in [0.717, 1.165) is 35.7 Å². The van der Waals surface area contributed by atoms with Gasteiger partial charge in [-0.05, 0) is 32.3 Å². The molecule has 3 rings (SSSR count). The van der Waals surface area contributed by atoms with Gasteiger partial charge in [-0.1, -0.05) is 23.8 Å². The Morgan fingerprint density at radius 1 is 1.26 bits per heavy atom. The van der Waals surface area contributed by atoms with Gasteiger partial charge in [-0.3, -0.25) is 0 Å². The second kappa shape index (κ2) is 4.82. The van der Waals surface area contributed by atoms with E-state index in [1.165, 1.54) is 24.0 Å². The van der Waals surface area contributed by atoms with Gasteiger partial charge in [0.1, 0.15) is 5.82 Å². The Kier molecular flexibility index (Phi) is 3.15. The van der Waals surface area contributed by atoms with Crippen molar-refractivity contribution in [3.63, 3.8) is 0 Å². The highest BCUT2D eigenvalue weighted by molar-refractivity contribution is 5.66. The number of aromatic nitrogens is 2. The zero-order valence-corrected chi connectivity index (χ0v) is 11.6. The minimum Gasteiger partial charge on any atom is -0.390 e. The van der Waals surface area contributed by atoms with Gasteiger partial charge in [0.2, 0.25) is 0 Å². The first-order valence-electron chi connectivity index (χ1n) is 6.97. The smallest absolute Gasteiger partial charge is 0.109 e. The molecule has 0 spiro atoms. The summed E-state index contributed by atoms with van der Waals surface area (Å²) in [4.78, 5) is 4.79. The number of benzene rings is 1. The van der Waals surface area contributed by atoms with Gasteiger partial charge in [-0.2, -0.15) is 0 Å². The third-order valence-electron chi connectivity index (χ3n) is 3.97. The number of nitrogens with zero attached hydrogens (tertiary/aromatic N) is 2. The summed E-state index contributed by atoms with van der Waals surface area (Å²) in [5, 5.41) is 9.71. The van der Waals surface area contributed by atoms with Crippen LogP contribution in [-0.4, -0.2) is 14.7 Å². The number of aliphatic hydroxyl groups is 1. The minimum atomic E-state index is 0.0651. The Morgan fingerprint density at radius 3 is 2.84 bits per heavy atom. The molecule has 3 heteroatoms. The molecule has 0 unspecified atom stereocenters. The van der Waals surface area contributed by atoms with E-state index in [4.69, 9.17) is 4.98 Å². The van der Waals surface area contributed by atoms with Gasteiger partial charge in [-0.25, -0.2) is 4.98 Å². The van der Waals surface area contributed by atoms with Crippen LogP contribution in [0.1, 0.15) is 35.5 Å². The van der Waals surface area contributed by atoms with Crippen molar-refractivity contribution in [3.05, 3.63) is 40.8 Å². The molecule has 0 bridgehead atoms. The normalized spacial score (nSPS) is 14.5. The quantitative estimate of drug-likeness (QED) is 0.897. The molecule has 19 heavy (non-hydrogen) atoms. The fourth-order valence-corrected chi connectivity index (χ4v) is 3.00. The first-order chi connectivity index (χ1) is 9.20. The number of hydrogen-bond acceptors (Lipinski definition) is 2. The van der Waals surface area contributed by atoms with E-state index >= 15 is 0 Å². The van der Waals surface area contributed by atoms with E-state index in [-0.39, 0.29) is 6.61 Å². The Bertz CT molecular complexity index is 613. The molecule has 3 nitrogen and oxygen atoms in total. The van der Waals surface area contributed by atoms with Crippen LogP contribution in [-0.2, 0) is 19.6 Å². The highest BCUT2D eigenvalue weighted by Crippen LogP contribution is 2.30. The number of rotatable bonds is 2. The van der Waals surface area contributed by atoms with E-state index in [9.17, 15) is 5.11 Å². The van der Waals surface area contributed by atoms with Crippen LogP contribution in [0, 0.1) is 13.8 Å². The second-order valence-electron chi connectivity index (χ2n) is 5.41. The van der Waals surface area contributed by atoms with Crippen molar-refractivity contribution < 1.29 is 5.11 Å². The maximum Gasteiger partial charge on any atom is 0.109 e. The molecule has 1 aromatic carbocycles. The van der Waals surface area contributed by atoms with Crippen molar-refractivity contribution in [3.8, 4) is 11.3 Å². The molecular weight excluding hydrogens is 236 g/mol. The highest BCUT2D eigenvalue weighted by Gasteiger charge is 2.20. The largest absolute Gasteiger partial charge is 0.390 e. The number of imidazole rings is 1. The van der Waals surface area contributed by atoms with Crippen molar-refractivity contribution in [2.45, 2.75) is 46.3 Å². The van der Waals surface area contributed by atoms with Gasteiger partial charge in [0.25, 0.3) is 0 Å². The van der Waals surface area contributed by atoms with Gasteiger partial charge in [-0.15, -0.1) is 0 Å². The molecule has 0 amide bonds. The summed E-state index contributed by atoms with van der Waals surface area (Å²) >= 11 is 0. The molecule has 0 radical (unpaired) electrons. The maximum absolute atomic E-state index is 9.71. The predicted octanol–water partition coefficient (Wildman–Crippen LogP) is 3.00. The summed E-state index contributed by atoms with van der Waals surface area (Å²) in [6.07, 6.45) is 3.41. The Labute approximate surface area is 113 Å². The molecule has 0 aliphatic carbocycles. The first kappa shape index (κ1) is 12.4. The summed E-state index contributed by atoms with van der Waals surface area (Å²) in [6.45, 7) is 5.27. The Balaban J connectivity index is 2.16. The summed E-state index contributed by atoms with van der Waals surface area (Å²) in [5.41, 5.74) is 5.58. The number of fused-ring (bicyclic) bond motifs is 1. The lowest BCUT2D eigenvalue weighted by atomic mass is 10.0. The summed E-state index contributed by atoms with van der Waals surface area (Å²) in [5.74, 6) is 1.13. The molecular formula is C16H20N2O. The lowest BCUT2D eigenvalue weighted by Gasteiger charge is -2.15. The van der Waals surface area contributed by atoms with Gasteiger partial charge in [0.15, 0.2) is 0 Å². The average Bonchev–Trinajstić information content (AvgIpc) is 2.76. The Morgan fingerprint density at radius 2 is 2.11 bits per heavy atom. The predicted molar refractivity (Wildman–Crippen MR) is 76.0 cm³/mol. The molecule has 0 saturated carbocycles. The van der Waals surface area contributed by atoms with Crippen LogP contribution in [0.5, 0.6) is 0 Å². The fourth-order valence-electron chi connectivity index (χ4n) is 3.00. The average molecular weight is 256 g/mol. The molecule has 2 aromatic rings. The SMILES string of the molecule is Cc1ccc(-c2nc3n(c2CO)CCCC3)c(C)c1. The standard InChI is InChI=1S/C16H20N2O/c1-11-6-7-13(12(2)9-11)16-14(10-19)18-8-4-3-5-15(18)17-16/h6-7,9,19H,3-5,8,10H2,1-2H3. The third kappa shape index (κ3) is 2.08. The van der Waals surface area contributed by atoms with E-state index in [2.05, 4.69) is 36.6 Å². The van der Waals surface area contributed by atoms with E-state index in [1.807, 2.05) is 0 Å². The fraction of sp³-hybridized carbons (Fsp3) is 0.438. The van der Waals surface area contributed by atoms with Gasteiger partial charge < -0.3 is 9.67 Å². The minimum absolute atomic E-state index is 0.0651. The van der Waals surface area contributed by atoms with Crippen LogP contribution in [0.2, 0.25) is 0 Å². The second-order valence-corrected chi connectivity index (χ2v) is 5.41. The van der Waals surface area contributed by atoms with Crippen LogP contribution in [0.4, 0.5) is 0 Å². The van der Waals surface area contributed by atoms with Crippen LogP contribution in [0.15, 0.2) is 18.2 Å². The van der Waals surface area contributed by atoms with Crippen molar-refractivity contribution in [2.75, 3.05) is 0 Å². The van der Waals surface area contributed by atoms with Crippen molar-refractivity contribution in [1.29, 1.82) is 0 Å². The number of hydrogen-bond donors (Lipinski definition) is 1. The van der Waals surface area contributed by atoms with Gasteiger partial charge in [0, 0.05) is 18.5 Å². The summed E-state index contributed by atoms with van der Waals surface area (Å²) in [7, 11) is 0. The topological polar surface area (TPSA) is 38.0 Å². The van der Waals surface area contributed by atoms with Crippen LogP contribution < -0.4 is 0 Å². The number of aliphatic hydroxyl groups excluding tert-OH is 1. The van der Waals surface area contributed by atoms with E-state index in [1.54, 1.807) is 0 Å². The molecule has 1 aliphatic heterocycles. The first-order valence-corrected chi connectivity index (χ1v) is 6.97.